The third kappa shape index (κ3) is 0.892. The summed E-state index contributed by atoms with van der Waals surface area (Å²) in [5.41, 5.74) is 0. The average Bonchev–Trinajstić information content (AvgIpc) is 1.69. The second kappa shape index (κ2) is 1.60. The lowest BCUT2D eigenvalue weighted by Crippen LogP contribution is -2.27. The van der Waals surface area contributed by atoms with Gasteiger partial charge in [-0.15, -0.1) is 0 Å². The average molecular weight is 96.1 g/mol. The molecule has 1 N–H and O–H groups in total. The molecule has 0 unspecified atom stereocenters. The maximum absolute atomic E-state index is 8.55. The van der Waals surface area contributed by atoms with E-state index in [0.29, 0.717) is 0 Å². The Hall–Kier alpha value is -1.05. The molecule has 1 aromatic heterocycles. The maximum atomic E-state index is 8.55. The molecule has 1 aromatic rings. The van der Waals surface area contributed by atoms with Crippen LogP contribution in [0.4, 0.5) is 0 Å². The first kappa shape index (κ1) is 4.12. The van der Waals surface area contributed by atoms with Crippen molar-refractivity contribution in [3.8, 4) is 0 Å². The van der Waals surface area contributed by atoms with Gasteiger partial charge in [-0.05, 0) is 0 Å². The van der Waals surface area contributed by atoms with Gasteiger partial charge in [0.2, 0.25) is 12.4 Å². The van der Waals surface area contributed by atoms with Gasteiger partial charge in [0.1, 0.15) is 0 Å². The molecule has 0 bridgehead atoms. The van der Waals surface area contributed by atoms with Gasteiger partial charge < -0.3 is 0 Å². The second-order valence-corrected chi connectivity index (χ2v) is 1.26. The fraction of sp³-hybridized carbons (Fsp3) is 0. The first-order chi connectivity index (χ1) is 3.39. The highest BCUT2D eigenvalue weighted by atomic mass is 16.5. The highest BCUT2D eigenvalue weighted by Crippen LogP contribution is 1.71. The molecular weight excluding hydrogens is 90.1 g/mol. The molecule has 0 fully saturated rings. The van der Waals surface area contributed by atoms with Gasteiger partial charge in [-0.2, -0.15) is 0 Å². The molecule has 0 radical (unpaired) electrons. The van der Waals surface area contributed by atoms with Crippen molar-refractivity contribution in [2.24, 2.45) is 0 Å². The smallest absolute Gasteiger partial charge is 0.222 e. The monoisotopic (exact) mass is 96.0 g/mol. The van der Waals surface area contributed by atoms with E-state index in [-0.39, 0.29) is 0 Å². The summed E-state index contributed by atoms with van der Waals surface area (Å²) in [5, 5.41) is 8.55. The van der Waals surface area contributed by atoms with E-state index in [4.69, 9.17) is 5.21 Å². The van der Waals surface area contributed by atoms with Gasteiger partial charge in [0.15, 0.2) is 0 Å². The Bertz CT molecular complexity index is 138. The summed E-state index contributed by atoms with van der Waals surface area (Å²) < 4.78 is 1.00. The summed E-state index contributed by atoms with van der Waals surface area (Å²) >= 11 is 0. The lowest BCUT2D eigenvalue weighted by atomic mass is 10.5. The molecule has 1 rings (SSSR count). The van der Waals surface area contributed by atoms with E-state index in [1.54, 1.807) is 24.5 Å². The molecule has 0 saturated heterocycles. The molecule has 0 amide bonds. The standard InChI is InChI=1S/C5H6NO/c7-6-4-2-1-3-5-6/h1-5,7H/q+1. The quantitative estimate of drug-likeness (QED) is 0.362. The van der Waals surface area contributed by atoms with Crippen LogP contribution in [0.25, 0.3) is 0 Å². The van der Waals surface area contributed by atoms with E-state index in [0.717, 1.165) is 4.73 Å². The Morgan fingerprint density at radius 3 is 1.86 bits per heavy atom. The Kier molecular flexibility index (Phi) is 0.941. The van der Waals surface area contributed by atoms with Gasteiger partial charge in [-0.3, -0.25) is 5.21 Å². The molecule has 1 heterocycles. The zero-order chi connectivity index (χ0) is 5.11. The Morgan fingerprint density at radius 2 is 1.57 bits per heavy atom. The second-order valence-electron chi connectivity index (χ2n) is 1.26. The maximum Gasteiger partial charge on any atom is 0.222 e. The van der Waals surface area contributed by atoms with Gasteiger partial charge in [0.05, 0.1) is 0 Å². The minimum atomic E-state index is 1.00. The summed E-state index contributed by atoms with van der Waals surface area (Å²) in [6.07, 6.45) is 3.11. The first-order valence-corrected chi connectivity index (χ1v) is 2.05. The van der Waals surface area contributed by atoms with Crippen LogP contribution in [-0.2, 0) is 0 Å². The van der Waals surface area contributed by atoms with Crippen molar-refractivity contribution in [2.75, 3.05) is 0 Å². The van der Waals surface area contributed by atoms with Crippen molar-refractivity contribution in [2.45, 2.75) is 0 Å². The molecule has 0 saturated carbocycles. The fourth-order valence-electron chi connectivity index (χ4n) is 0.390. The summed E-state index contributed by atoms with van der Waals surface area (Å²) in [6, 6.07) is 5.34. The highest BCUT2D eigenvalue weighted by molar-refractivity contribution is 4.82. The third-order valence-electron chi connectivity index (χ3n) is 0.700. The van der Waals surface area contributed by atoms with Gasteiger partial charge in [0, 0.05) is 16.9 Å². The highest BCUT2D eigenvalue weighted by Gasteiger charge is 1.82. The largest absolute Gasteiger partial charge is 0.285 e. The SMILES string of the molecule is O[n+]1ccccc1. The summed E-state index contributed by atoms with van der Waals surface area (Å²) in [6.45, 7) is 0. The number of rotatable bonds is 0. The van der Waals surface area contributed by atoms with E-state index in [1.807, 2.05) is 6.07 Å². The Morgan fingerprint density at radius 1 is 1.00 bits per heavy atom. The predicted molar refractivity (Wildman–Crippen MR) is 23.8 cm³/mol. The van der Waals surface area contributed by atoms with Crippen LogP contribution in [0.3, 0.4) is 0 Å². The van der Waals surface area contributed by atoms with Crippen molar-refractivity contribution in [1.29, 1.82) is 0 Å². The predicted octanol–water partition coefficient (Wildman–Crippen LogP) is 0.211. The number of pyridine rings is 1. The fourth-order valence-corrected chi connectivity index (χ4v) is 0.390. The molecule has 0 aliphatic rings. The van der Waals surface area contributed by atoms with Crippen molar-refractivity contribution in [1.82, 2.24) is 0 Å². The first-order valence-electron chi connectivity index (χ1n) is 2.05. The summed E-state index contributed by atoms with van der Waals surface area (Å²) in [5.74, 6) is 0. The molecular formula is C5H6NO+. The van der Waals surface area contributed by atoms with Gasteiger partial charge >= 0.3 is 0 Å². The van der Waals surface area contributed by atoms with Crippen molar-refractivity contribution in [3.05, 3.63) is 30.6 Å². The lowest BCUT2D eigenvalue weighted by Gasteiger charge is -1.74. The number of aromatic nitrogens is 1. The van der Waals surface area contributed by atoms with E-state index in [9.17, 15) is 0 Å². The molecule has 0 aliphatic heterocycles. The van der Waals surface area contributed by atoms with Crippen molar-refractivity contribution >= 4 is 0 Å². The van der Waals surface area contributed by atoms with Crippen LogP contribution in [0, 0.1) is 0 Å². The molecule has 0 atom stereocenters. The number of hydrogen-bond donors (Lipinski definition) is 1. The van der Waals surface area contributed by atoms with Crippen LogP contribution in [-0.4, -0.2) is 5.21 Å². The Labute approximate surface area is 41.6 Å². The van der Waals surface area contributed by atoms with Gasteiger partial charge in [0.25, 0.3) is 0 Å². The van der Waals surface area contributed by atoms with E-state index >= 15 is 0 Å². The Balaban J connectivity index is 3.02. The number of hydrogen-bond acceptors (Lipinski definition) is 1. The molecule has 0 aliphatic carbocycles. The normalized spacial score (nSPS) is 8.57. The molecule has 36 valence electrons. The molecule has 2 nitrogen and oxygen atoms in total. The summed E-state index contributed by atoms with van der Waals surface area (Å²) in [7, 11) is 0. The van der Waals surface area contributed by atoms with Gasteiger partial charge in [-0.25, -0.2) is 0 Å². The number of nitrogens with zero attached hydrogens (tertiary/aromatic N) is 1. The van der Waals surface area contributed by atoms with Crippen LogP contribution < -0.4 is 4.73 Å². The van der Waals surface area contributed by atoms with Crippen molar-refractivity contribution in [3.63, 3.8) is 0 Å². The third-order valence-corrected chi connectivity index (χ3v) is 0.700. The van der Waals surface area contributed by atoms with Crippen LogP contribution >= 0.6 is 0 Å². The van der Waals surface area contributed by atoms with E-state index < -0.39 is 0 Å². The zero-order valence-corrected chi connectivity index (χ0v) is 3.78. The van der Waals surface area contributed by atoms with Crippen LogP contribution in [0.15, 0.2) is 30.6 Å². The van der Waals surface area contributed by atoms with Gasteiger partial charge in [-0.1, -0.05) is 6.07 Å². The van der Waals surface area contributed by atoms with Crippen LogP contribution in [0.5, 0.6) is 0 Å². The zero-order valence-electron chi connectivity index (χ0n) is 3.78. The lowest BCUT2D eigenvalue weighted by molar-refractivity contribution is -0.904. The molecule has 0 spiro atoms. The minimum Gasteiger partial charge on any atom is -0.285 e. The van der Waals surface area contributed by atoms with Crippen LogP contribution in [0.1, 0.15) is 0 Å². The topological polar surface area (TPSA) is 24.1 Å². The van der Waals surface area contributed by atoms with Crippen LogP contribution in [0.2, 0.25) is 0 Å². The minimum absolute atomic E-state index is 1.00. The van der Waals surface area contributed by atoms with Crippen molar-refractivity contribution < 1.29 is 9.94 Å². The molecule has 2 heteroatoms. The van der Waals surface area contributed by atoms with E-state index in [2.05, 4.69) is 0 Å². The molecule has 7 heavy (non-hydrogen) atoms. The molecule has 0 aromatic carbocycles. The van der Waals surface area contributed by atoms with E-state index in [1.165, 1.54) is 0 Å². The summed E-state index contributed by atoms with van der Waals surface area (Å²) in [4.78, 5) is 0.